The lowest BCUT2D eigenvalue weighted by atomic mass is 10.1. The van der Waals surface area contributed by atoms with Crippen molar-refractivity contribution in [3.63, 3.8) is 0 Å². The molecule has 0 bridgehead atoms. The maximum absolute atomic E-state index is 13.2. The number of ether oxygens (including phenoxy) is 2. The van der Waals surface area contributed by atoms with E-state index in [1.54, 1.807) is 30.5 Å². The third-order valence-corrected chi connectivity index (χ3v) is 4.74. The van der Waals surface area contributed by atoms with E-state index in [2.05, 4.69) is 10.3 Å². The molecule has 0 aliphatic carbocycles. The van der Waals surface area contributed by atoms with Crippen molar-refractivity contribution in [1.82, 2.24) is 14.7 Å². The molecule has 1 amide bonds. The number of hydrogen-bond donors (Lipinski definition) is 1. The zero-order valence-electron chi connectivity index (χ0n) is 17.5. The van der Waals surface area contributed by atoms with Crippen LogP contribution in [0.4, 0.5) is 0 Å². The summed E-state index contributed by atoms with van der Waals surface area (Å²) in [5, 5.41) is 12.1. The number of nitriles is 1. The number of pyridine rings is 1. The molecular weight excluding hydrogens is 396 g/mol. The number of carbonyl (C=O) groups is 1. The van der Waals surface area contributed by atoms with Gasteiger partial charge < -0.3 is 14.8 Å². The Morgan fingerprint density at radius 2 is 2.06 bits per heavy atom. The minimum Gasteiger partial charge on any atom is -0.438 e. The number of nitrogens with zero attached hydrogens (tertiary/aromatic N) is 3. The summed E-state index contributed by atoms with van der Waals surface area (Å²) < 4.78 is 12.2. The van der Waals surface area contributed by atoms with Gasteiger partial charge in [0, 0.05) is 19.9 Å². The van der Waals surface area contributed by atoms with E-state index in [0.29, 0.717) is 18.0 Å². The van der Waals surface area contributed by atoms with Gasteiger partial charge in [0.05, 0.1) is 6.61 Å². The summed E-state index contributed by atoms with van der Waals surface area (Å²) in [5.41, 5.74) is 1.60. The second-order valence-corrected chi connectivity index (χ2v) is 6.78. The molecule has 3 aromatic rings. The van der Waals surface area contributed by atoms with E-state index < -0.39 is 11.5 Å². The Balaban J connectivity index is 2.14. The van der Waals surface area contributed by atoms with Gasteiger partial charge in [-0.05, 0) is 49.2 Å². The number of hydrogen-bond acceptors (Lipinski definition) is 6. The highest BCUT2D eigenvalue weighted by Gasteiger charge is 2.18. The van der Waals surface area contributed by atoms with E-state index in [0.717, 1.165) is 11.1 Å². The van der Waals surface area contributed by atoms with Crippen molar-refractivity contribution >= 4 is 17.6 Å². The zero-order valence-corrected chi connectivity index (χ0v) is 17.5. The first-order valence-corrected chi connectivity index (χ1v) is 9.60. The van der Waals surface area contributed by atoms with Crippen molar-refractivity contribution in [2.24, 2.45) is 0 Å². The number of benzene rings is 1. The molecule has 0 aliphatic heterocycles. The highest BCUT2D eigenvalue weighted by molar-refractivity contribution is 6.01. The van der Waals surface area contributed by atoms with Crippen LogP contribution in [0, 0.1) is 25.2 Å². The fourth-order valence-corrected chi connectivity index (χ4v) is 2.88. The molecule has 0 radical (unpaired) electrons. The molecule has 0 atom stereocenters. The molecule has 0 fully saturated rings. The highest BCUT2D eigenvalue weighted by Crippen LogP contribution is 2.28. The summed E-state index contributed by atoms with van der Waals surface area (Å²) >= 11 is 0. The Morgan fingerprint density at radius 1 is 1.26 bits per heavy atom. The molecule has 2 heterocycles. The SMILES string of the molecule is COCCNC(=O)C(C#N)=Cc1c(Oc2cccc(C)c2C)nc2ccccn2c1=O. The van der Waals surface area contributed by atoms with Crippen molar-refractivity contribution < 1.29 is 14.3 Å². The average Bonchev–Trinajstić information content (AvgIpc) is 2.77. The molecule has 0 aliphatic rings. The smallest absolute Gasteiger partial charge is 0.269 e. The highest BCUT2D eigenvalue weighted by atomic mass is 16.5. The quantitative estimate of drug-likeness (QED) is 0.359. The molecule has 1 N–H and O–H groups in total. The van der Waals surface area contributed by atoms with Crippen LogP contribution in [0.5, 0.6) is 11.6 Å². The van der Waals surface area contributed by atoms with Gasteiger partial charge in [0.15, 0.2) is 0 Å². The normalized spacial score (nSPS) is 11.2. The summed E-state index contributed by atoms with van der Waals surface area (Å²) in [7, 11) is 1.51. The van der Waals surface area contributed by atoms with Crippen LogP contribution in [0.25, 0.3) is 11.7 Å². The van der Waals surface area contributed by atoms with Crippen LogP contribution in [0.15, 0.2) is 53.0 Å². The summed E-state index contributed by atoms with van der Waals surface area (Å²) in [4.78, 5) is 30.0. The number of amides is 1. The number of aromatic nitrogens is 2. The van der Waals surface area contributed by atoms with Crippen molar-refractivity contribution in [3.8, 4) is 17.7 Å². The van der Waals surface area contributed by atoms with Gasteiger partial charge in [0.1, 0.15) is 28.6 Å². The lowest BCUT2D eigenvalue weighted by molar-refractivity contribution is -0.117. The van der Waals surface area contributed by atoms with Crippen LogP contribution in [-0.4, -0.2) is 35.6 Å². The van der Waals surface area contributed by atoms with Crippen molar-refractivity contribution in [3.05, 3.63) is 75.2 Å². The van der Waals surface area contributed by atoms with Gasteiger partial charge in [-0.3, -0.25) is 14.0 Å². The summed E-state index contributed by atoms with van der Waals surface area (Å²) in [6.45, 7) is 4.38. The minimum atomic E-state index is -0.616. The van der Waals surface area contributed by atoms with Gasteiger partial charge in [-0.15, -0.1) is 0 Å². The fraction of sp³-hybridized carbons (Fsp3) is 0.217. The first kappa shape index (κ1) is 21.7. The number of carbonyl (C=O) groups excluding carboxylic acids is 1. The predicted octanol–water partition coefficient (Wildman–Crippen LogP) is 2.77. The fourth-order valence-electron chi connectivity index (χ4n) is 2.88. The number of fused-ring (bicyclic) bond motifs is 1. The molecule has 31 heavy (non-hydrogen) atoms. The van der Waals surface area contributed by atoms with Crippen LogP contribution in [0.3, 0.4) is 0 Å². The van der Waals surface area contributed by atoms with Crippen LogP contribution >= 0.6 is 0 Å². The standard InChI is InChI=1S/C23H22N4O4/c1-15-7-6-8-19(16(15)2)31-22-18(13-17(14-24)21(28)25-10-12-30-3)23(29)27-11-5-4-9-20(27)26-22/h4-9,11,13H,10,12H2,1-3H3,(H,25,28). The first-order chi connectivity index (χ1) is 15.0. The van der Waals surface area contributed by atoms with Gasteiger partial charge in [-0.1, -0.05) is 18.2 Å². The van der Waals surface area contributed by atoms with Crippen LogP contribution in [-0.2, 0) is 9.53 Å². The first-order valence-electron chi connectivity index (χ1n) is 9.60. The second kappa shape index (κ2) is 9.69. The third kappa shape index (κ3) is 4.79. The number of rotatable bonds is 7. The topological polar surface area (TPSA) is 106 Å². The Morgan fingerprint density at radius 3 is 2.81 bits per heavy atom. The Kier molecular flexibility index (Phi) is 6.80. The Hall–Kier alpha value is -3.96. The number of nitrogens with one attached hydrogen (secondary N) is 1. The van der Waals surface area contributed by atoms with E-state index >= 15 is 0 Å². The average molecular weight is 418 g/mol. The maximum atomic E-state index is 13.2. The number of aryl methyl sites for hydroxylation is 1. The van der Waals surface area contributed by atoms with Gasteiger partial charge in [-0.25, -0.2) is 0 Å². The minimum absolute atomic E-state index is 0.00282. The molecule has 158 valence electrons. The molecule has 8 nitrogen and oxygen atoms in total. The molecule has 0 spiro atoms. The molecule has 8 heteroatoms. The van der Waals surface area contributed by atoms with E-state index in [4.69, 9.17) is 9.47 Å². The molecule has 0 saturated carbocycles. The van der Waals surface area contributed by atoms with Gasteiger partial charge in [-0.2, -0.15) is 10.2 Å². The molecule has 3 rings (SSSR count). The maximum Gasteiger partial charge on any atom is 0.269 e. The molecule has 2 aromatic heterocycles. The molecule has 0 unspecified atom stereocenters. The van der Waals surface area contributed by atoms with Gasteiger partial charge in [0.2, 0.25) is 5.88 Å². The molecular formula is C23H22N4O4. The second-order valence-electron chi connectivity index (χ2n) is 6.78. The van der Waals surface area contributed by atoms with Crippen molar-refractivity contribution in [1.29, 1.82) is 5.26 Å². The molecule has 1 aromatic carbocycles. The Bertz CT molecular complexity index is 1250. The lowest BCUT2D eigenvalue weighted by Crippen LogP contribution is -2.28. The van der Waals surface area contributed by atoms with Crippen LogP contribution < -0.4 is 15.6 Å². The van der Waals surface area contributed by atoms with E-state index in [9.17, 15) is 14.9 Å². The zero-order chi connectivity index (χ0) is 22.4. The van der Waals surface area contributed by atoms with Crippen LogP contribution in [0.1, 0.15) is 16.7 Å². The van der Waals surface area contributed by atoms with Gasteiger partial charge >= 0.3 is 0 Å². The van der Waals surface area contributed by atoms with Crippen molar-refractivity contribution in [2.75, 3.05) is 20.3 Å². The monoisotopic (exact) mass is 418 g/mol. The van der Waals surface area contributed by atoms with Crippen LogP contribution in [0.2, 0.25) is 0 Å². The van der Waals surface area contributed by atoms with Crippen molar-refractivity contribution in [2.45, 2.75) is 13.8 Å². The van der Waals surface area contributed by atoms with E-state index in [-0.39, 0.29) is 23.6 Å². The summed E-state index contributed by atoms with van der Waals surface area (Å²) in [5.74, 6) is -0.0676. The lowest BCUT2D eigenvalue weighted by Gasteiger charge is -2.13. The summed E-state index contributed by atoms with van der Waals surface area (Å²) in [6, 6.07) is 12.5. The van der Waals surface area contributed by atoms with E-state index in [1.807, 2.05) is 32.0 Å². The third-order valence-electron chi connectivity index (χ3n) is 4.74. The largest absolute Gasteiger partial charge is 0.438 e. The number of methoxy groups -OCH3 is 1. The van der Waals surface area contributed by atoms with E-state index in [1.165, 1.54) is 17.6 Å². The van der Waals surface area contributed by atoms with Gasteiger partial charge in [0.25, 0.3) is 11.5 Å². The summed E-state index contributed by atoms with van der Waals surface area (Å²) in [6.07, 6.45) is 2.77. The molecule has 0 saturated heterocycles. The Labute approximate surface area is 179 Å². The predicted molar refractivity (Wildman–Crippen MR) is 116 cm³/mol.